The van der Waals surface area contributed by atoms with E-state index in [1.54, 1.807) is 0 Å². The molecule has 0 radical (unpaired) electrons. The minimum atomic E-state index is -0.339. The number of para-hydroxylation sites is 1. The first-order valence-corrected chi connectivity index (χ1v) is 7.72. The summed E-state index contributed by atoms with van der Waals surface area (Å²) in [7, 11) is 0. The average Bonchev–Trinajstić information content (AvgIpc) is 2.71. The fourth-order valence-corrected chi connectivity index (χ4v) is 4.00. The molecule has 1 atom stereocenters. The number of Topliss-reactive ketones (excluding diaryl/α,β-unsaturated/α-hetero) is 2. The van der Waals surface area contributed by atoms with Crippen LogP contribution in [0.15, 0.2) is 53.1 Å². The standard InChI is InChI=1S/C19H17NO2/c21-14-9-15(22)11-19-8-4-3-5-13(19)12-20-18-7-2-1-6-16(18)17(19)10-14/h1-7H,8-12H2. The summed E-state index contributed by atoms with van der Waals surface area (Å²) in [5.41, 5.74) is 1.92. The second kappa shape index (κ2) is 4.87. The van der Waals surface area contributed by atoms with Crippen molar-refractivity contribution in [1.29, 1.82) is 0 Å². The topological polar surface area (TPSA) is 46.5 Å². The predicted molar refractivity (Wildman–Crippen MR) is 83.6 cm³/mol. The Morgan fingerprint density at radius 2 is 1.91 bits per heavy atom. The van der Waals surface area contributed by atoms with Gasteiger partial charge in [0.1, 0.15) is 11.6 Å². The normalized spacial score (nSPS) is 26.9. The molecular weight excluding hydrogens is 274 g/mol. The molecule has 3 nitrogen and oxygen atoms in total. The van der Waals surface area contributed by atoms with Gasteiger partial charge < -0.3 is 0 Å². The van der Waals surface area contributed by atoms with Crippen molar-refractivity contribution < 1.29 is 9.59 Å². The maximum Gasteiger partial charge on any atom is 0.144 e. The molecular formula is C19H17NO2. The number of benzene rings is 1. The molecule has 1 aromatic rings. The van der Waals surface area contributed by atoms with Gasteiger partial charge in [0, 0.05) is 23.5 Å². The van der Waals surface area contributed by atoms with Crippen LogP contribution in [0.4, 0.5) is 0 Å². The van der Waals surface area contributed by atoms with Crippen molar-refractivity contribution in [3.63, 3.8) is 0 Å². The van der Waals surface area contributed by atoms with Crippen LogP contribution in [0.25, 0.3) is 5.57 Å². The summed E-state index contributed by atoms with van der Waals surface area (Å²) < 4.78 is 0. The van der Waals surface area contributed by atoms with E-state index >= 15 is 0 Å². The highest BCUT2D eigenvalue weighted by Gasteiger charge is 2.43. The van der Waals surface area contributed by atoms with Crippen molar-refractivity contribution in [2.45, 2.75) is 25.7 Å². The smallest absolute Gasteiger partial charge is 0.144 e. The third kappa shape index (κ3) is 1.92. The third-order valence-corrected chi connectivity index (χ3v) is 5.01. The molecule has 22 heavy (non-hydrogen) atoms. The number of hydrogen-bond donors (Lipinski definition) is 0. The van der Waals surface area contributed by atoms with Crippen LogP contribution < -0.4 is 10.6 Å². The van der Waals surface area contributed by atoms with Crippen molar-refractivity contribution in [1.82, 2.24) is 0 Å². The first-order valence-electron chi connectivity index (χ1n) is 7.72. The lowest BCUT2D eigenvalue weighted by Crippen LogP contribution is -2.34. The van der Waals surface area contributed by atoms with E-state index in [-0.39, 0.29) is 23.4 Å². The number of nitrogens with zero attached hydrogens (tertiary/aromatic N) is 1. The van der Waals surface area contributed by atoms with Crippen molar-refractivity contribution in [3.05, 3.63) is 58.6 Å². The lowest BCUT2D eigenvalue weighted by molar-refractivity contribution is -0.126. The van der Waals surface area contributed by atoms with E-state index in [0.717, 1.165) is 22.6 Å². The molecule has 1 aromatic carbocycles. The Hall–Kier alpha value is -2.29. The Morgan fingerprint density at radius 1 is 1.05 bits per heavy atom. The van der Waals surface area contributed by atoms with Gasteiger partial charge in [0.15, 0.2) is 0 Å². The molecule has 1 unspecified atom stereocenters. The molecule has 3 aliphatic rings. The largest absolute Gasteiger partial charge is 0.299 e. The van der Waals surface area contributed by atoms with E-state index in [1.807, 2.05) is 30.3 Å². The van der Waals surface area contributed by atoms with E-state index in [2.05, 4.69) is 12.2 Å². The molecule has 3 heteroatoms. The molecule has 0 bridgehead atoms. The Bertz CT molecular complexity index is 860. The second-order valence-electron chi connectivity index (χ2n) is 6.33. The average molecular weight is 291 g/mol. The highest BCUT2D eigenvalue weighted by molar-refractivity contribution is 6.05. The molecule has 1 saturated carbocycles. The van der Waals surface area contributed by atoms with Gasteiger partial charge >= 0.3 is 0 Å². The van der Waals surface area contributed by atoms with Crippen molar-refractivity contribution in [2.75, 3.05) is 6.54 Å². The Kier molecular flexibility index (Phi) is 2.96. The number of carbonyl (C=O) groups is 2. The summed E-state index contributed by atoms with van der Waals surface area (Å²) in [6.07, 6.45) is 7.89. The molecule has 0 aromatic heterocycles. The molecule has 110 valence electrons. The summed E-state index contributed by atoms with van der Waals surface area (Å²) in [6.45, 7) is 0.603. The summed E-state index contributed by atoms with van der Waals surface area (Å²) in [6, 6.07) is 8.00. The summed E-state index contributed by atoms with van der Waals surface area (Å²) >= 11 is 0. The zero-order valence-corrected chi connectivity index (χ0v) is 12.3. The van der Waals surface area contributed by atoms with E-state index < -0.39 is 0 Å². The van der Waals surface area contributed by atoms with Crippen LogP contribution in [0.1, 0.15) is 25.7 Å². The van der Waals surface area contributed by atoms with Crippen LogP contribution in [-0.4, -0.2) is 18.1 Å². The van der Waals surface area contributed by atoms with Crippen LogP contribution in [0.3, 0.4) is 0 Å². The Morgan fingerprint density at radius 3 is 2.82 bits per heavy atom. The summed E-state index contributed by atoms with van der Waals surface area (Å²) in [4.78, 5) is 29.3. The fraction of sp³-hybridized carbons (Fsp3) is 0.316. The zero-order chi connectivity index (χ0) is 15.2. The van der Waals surface area contributed by atoms with Gasteiger partial charge in [-0.25, -0.2) is 0 Å². The maximum absolute atomic E-state index is 12.3. The van der Waals surface area contributed by atoms with Crippen molar-refractivity contribution >= 4 is 17.1 Å². The lowest BCUT2D eigenvalue weighted by atomic mass is 9.66. The third-order valence-electron chi connectivity index (χ3n) is 5.01. The Balaban J connectivity index is 2.10. The van der Waals surface area contributed by atoms with Gasteiger partial charge in [-0.1, -0.05) is 36.4 Å². The molecule has 0 saturated heterocycles. The van der Waals surface area contributed by atoms with Crippen LogP contribution in [0, 0.1) is 5.41 Å². The first-order chi connectivity index (χ1) is 10.7. The Labute approximate surface area is 128 Å². The van der Waals surface area contributed by atoms with Gasteiger partial charge in [-0.3, -0.25) is 14.6 Å². The van der Waals surface area contributed by atoms with Crippen molar-refractivity contribution in [3.8, 4) is 0 Å². The number of carbonyl (C=O) groups excluding carboxylic acids is 2. The minimum Gasteiger partial charge on any atom is -0.299 e. The van der Waals surface area contributed by atoms with Crippen LogP contribution in [0.2, 0.25) is 0 Å². The molecule has 2 aliphatic carbocycles. The number of rotatable bonds is 0. The highest BCUT2D eigenvalue weighted by Crippen LogP contribution is 2.49. The molecule has 1 fully saturated rings. The summed E-state index contributed by atoms with van der Waals surface area (Å²) in [5.74, 6) is 0.0862. The minimum absolute atomic E-state index is 0.0301. The SMILES string of the molecule is O=C1CC(=O)CC23CC=CC=C2CN=c2ccccc2=C3C1. The predicted octanol–water partition coefficient (Wildman–Crippen LogP) is 1.67. The van der Waals surface area contributed by atoms with E-state index in [0.29, 0.717) is 19.4 Å². The molecule has 1 spiro atoms. The summed E-state index contributed by atoms with van der Waals surface area (Å²) in [5, 5.41) is 1.98. The van der Waals surface area contributed by atoms with Crippen molar-refractivity contribution in [2.24, 2.45) is 10.4 Å². The van der Waals surface area contributed by atoms with E-state index in [1.165, 1.54) is 5.57 Å². The van der Waals surface area contributed by atoms with E-state index in [4.69, 9.17) is 4.99 Å². The van der Waals surface area contributed by atoms with Gasteiger partial charge in [-0.2, -0.15) is 0 Å². The van der Waals surface area contributed by atoms with Crippen LogP contribution in [0.5, 0.6) is 0 Å². The number of fused-ring (bicyclic) bond motifs is 1. The maximum atomic E-state index is 12.3. The highest BCUT2D eigenvalue weighted by atomic mass is 16.1. The molecule has 0 N–H and O–H groups in total. The molecule has 1 heterocycles. The van der Waals surface area contributed by atoms with Gasteiger partial charge in [-0.05, 0) is 23.6 Å². The number of allylic oxidation sites excluding steroid dienone is 3. The van der Waals surface area contributed by atoms with Gasteiger partial charge in [0.2, 0.25) is 0 Å². The van der Waals surface area contributed by atoms with Gasteiger partial charge in [-0.15, -0.1) is 0 Å². The lowest BCUT2D eigenvalue weighted by Gasteiger charge is -2.36. The van der Waals surface area contributed by atoms with E-state index in [9.17, 15) is 9.59 Å². The molecule has 0 amide bonds. The van der Waals surface area contributed by atoms with Crippen LogP contribution in [-0.2, 0) is 9.59 Å². The molecule has 1 aliphatic heterocycles. The monoisotopic (exact) mass is 291 g/mol. The van der Waals surface area contributed by atoms with Gasteiger partial charge in [0.05, 0.1) is 18.3 Å². The first kappa shape index (κ1) is 13.4. The quantitative estimate of drug-likeness (QED) is 0.683. The van der Waals surface area contributed by atoms with Crippen LogP contribution >= 0.6 is 0 Å². The number of ketones is 2. The fourth-order valence-electron chi connectivity index (χ4n) is 4.00. The molecule has 4 rings (SSSR count). The number of hydrogen-bond acceptors (Lipinski definition) is 3. The zero-order valence-electron chi connectivity index (χ0n) is 12.3. The second-order valence-corrected chi connectivity index (χ2v) is 6.33. The van der Waals surface area contributed by atoms with Gasteiger partial charge in [0.25, 0.3) is 0 Å².